The van der Waals surface area contributed by atoms with Gasteiger partial charge in [-0.05, 0) is 81.1 Å². The molecule has 0 aromatic carbocycles. The van der Waals surface area contributed by atoms with Gasteiger partial charge in [-0.15, -0.1) is 0 Å². The molecule has 0 aromatic heterocycles. The van der Waals surface area contributed by atoms with E-state index in [0.717, 1.165) is 12.8 Å². The number of likely N-dealkylation sites (tertiary alicyclic amines) is 1. The SMILES string of the molecule is CCCC(CNC(=O)COC)C[C@@H]1[C@H](N=CNC(=O)OC(C)(C)C)CC(C(=O)OC(C)(C)C)N1C(=O)OC(C)(C)C. The van der Waals surface area contributed by atoms with Gasteiger partial charge in [-0.2, -0.15) is 0 Å². The largest absolute Gasteiger partial charge is 0.458 e. The summed E-state index contributed by atoms with van der Waals surface area (Å²) in [4.78, 5) is 57.3. The van der Waals surface area contributed by atoms with Gasteiger partial charge in [0.1, 0.15) is 29.5 Å². The van der Waals surface area contributed by atoms with Crippen LogP contribution in [0.2, 0.25) is 0 Å². The van der Waals surface area contributed by atoms with Crippen molar-refractivity contribution < 1.29 is 38.1 Å². The number of methoxy groups -OCH3 is 1. The monoisotopic (exact) mass is 584 g/mol. The van der Waals surface area contributed by atoms with Crippen molar-refractivity contribution in [3.05, 3.63) is 0 Å². The summed E-state index contributed by atoms with van der Waals surface area (Å²) in [6.07, 6.45) is 2.10. The Kier molecular flexibility index (Phi) is 13.5. The molecule has 0 aliphatic carbocycles. The molecule has 0 radical (unpaired) electrons. The zero-order valence-corrected chi connectivity index (χ0v) is 26.8. The Balaban J connectivity index is 3.43. The van der Waals surface area contributed by atoms with Crippen LogP contribution in [-0.4, -0.2) is 90.5 Å². The molecule has 1 aliphatic rings. The summed E-state index contributed by atoms with van der Waals surface area (Å²) in [7, 11) is 1.45. The lowest BCUT2D eigenvalue weighted by atomic mass is 9.92. The van der Waals surface area contributed by atoms with Gasteiger partial charge in [0.15, 0.2) is 0 Å². The minimum Gasteiger partial charge on any atom is -0.458 e. The van der Waals surface area contributed by atoms with Crippen LogP contribution >= 0.6 is 0 Å². The number of rotatable bonds is 11. The molecule has 12 heteroatoms. The maximum atomic E-state index is 13.6. The van der Waals surface area contributed by atoms with E-state index in [9.17, 15) is 19.2 Å². The number of nitrogens with zero attached hydrogens (tertiary/aromatic N) is 2. The summed E-state index contributed by atoms with van der Waals surface area (Å²) in [5.41, 5.74) is -2.28. The van der Waals surface area contributed by atoms with Crippen molar-refractivity contribution in [3.8, 4) is 0 Å². The first-order chi connectivity index (χ1) is 18.8. The number of hydrogen-bond donors (Lipinski definition) is 2. The summed E-state index contributed by atoms with van der Waals surface area (Å²) in [6.45, 7) is 18.1. The zero-order chi connectivity index (χ0) is 31.6. The minimum absolute atomic E-state index is 0.0374. The van der Waals surface area contributed by atoms with Gasteiger partial charge in [0.05, 0.1) is 18.4 Å². The first-order valence-electron chi connectivity index (χ1n) is 14.3. The third kappa shape index (κ3) is 14.0. The molecule has 1 saturated heterocycles. The Bertz CT molecular complexity index is 917. The molecule has 1 fully saturated rings. The Labute approximate surface area is 245 Å². The van der Waals surface area contributed by atoms with E-state index in [2.05, 4.69) is 15.6 Å². The van der Waals surface area contributed by atoms with Crippen LogP contribution in [0.3, 0.4) is 0 Å². The fourth-order valence-corrected chi connectivity index (χ4v) is 4.49. The van der Waals surface area contributed by atoms with E-state index in [-0.39, 0.29) is 24.9 Å². The molecule has 1 heterocycles. The van der Waals surface area contributed by atoms with E-state index in [1.54, 1.807) is 62.3 Å². The Morgan fingerprint density at radius 3 is 2.05 bits per heavy atom. The first kappa shape index (κ1) is 36.1. The number of alkyl carbamates (subject to hydrolysis) is 1. The number of aliphatic imine (C=N–C) groups is 1. The van der Waals surface area contributed by atoms with Crippen molar-refractivity contribution in [3.63, 3.8) is 0 Å². The average Bonchev–Trinajstić information content (AvgIpc) is 3.13. The third-order valence-electron chi connectivity index (χ3n) is 5.87. The van der Waals surface area contributed by atoms with Gasteiger partial charge in [0.25, 0.3) is 0 Å². The second-order valence-corrected chi connectivity index (χ2v) is 13.4. The van der Waals surface area contributed by atoms with Crippen LogP contribution in [0, 0.1) is 5.92 Å². The number of ether oxygens (including phenoxy) is 4. The third-order valence-corrected chi connectivity index (χ3v) is 5.87. The van der Waals surface area contributed by atoms with Gasteiger partial charge < -0.3 is 24.3 Å². The highest BCUT2D eigenvalue weighted by molar-refractivity contribution is 5.84. The van der Waals surface area contributed by atoms with Crippen LogP contribution in [0.4, 0.5) is 9.59 Å². The van der Waals surface area contributed by atoms with E-state index in [0.29, 0.717) is 13.0 Å². The smallest absolute Gasteiger partial charge is 0.412 e. The highest BCUT2D eigenvalue weighted by atomic mass is 16.6. The number of hydrogen-bond acceptors (Lipinski definition) is 9. The standard InChI is InChI=1S/C29H52N4O8/c1-12-13-19(16-30-23(34)17-38-11)14-21-20(31-18-32-25(36)40-28(5,6)7)15-22(24(35)39-27(2,3)4)33(21)26(37)41-29(8,9)10/h18-22H,12-17H2,1-11H3,(H,30,34)(H,31,32,36)/t19?,20-,21-,22?/m1/s1. The van der Waals surface area contributed by atoms with Crippen LogP contribution < -0.4 is 10.6 Å². The number of amides is 3. The van der Waals surface area contributed by atoms with Gasteiger partial charge in [-0.25, -0.2) is 14.4 Å². The van der Waals surface area contributed by atoms with E-state index >= 15 is 0 Å². The van der Waals surface area contributed by atoms with Gasteiger partial charge in [0, 0.05) is 20.1 Å². The lowest BCUT2D eigenvalue weighted by Gasteiger charge is -2.34. The molecule has 4 atom stereocenters. The van der Waals surface area contributed by atoms with Gasteiger partial charge in [-0.3, -0.25) is 20.0 Å². The second-order valence-electron chi connectivity index (χ2n) is 13.4. The van der Waals surface area contributed by atoms with Crippen LogP contribution in [0.1, 0.15) is 94.9 Å². The molecule has 1 aliphatic heterocycles. The van der Waals surface area contributed by atoms with Crippen molar-refractivity contribution in [2.45, 2.75) is 130 Å². The van der Waals surface area contributed by atoms with Crippen molar-refractivity contribution >= 4 is 30.4 Å². The average molecular weight is 585 g/mol. The lowest BCUT2D eigenvalue weighted by Crippen LogP contribution is -2.50. The molecule has 12 nitrogen and oxygen atoms in total. The van der Waals surface area contributed by atoms with Crippen molar-refractivity contribution in [1.29, 1.82) is 0 Å². The highest BCUT2D eigenvalue weighted by Gasteiger charge is 2.50. The summed E-state index contributed by atoms with van der Waals surface area (Å²) >= 11 is 0. The molecule has 2 N–H and O–H groups in total. The topological polar surface area (TPSA) is 145 Å². The fraction of sp³-hybridized carbons (Fsp3) is 0.828. The molecule has 3 amide bonds. The molecule has 41 heavy (non-hydrogen) atoms. The number of carbonyl (C=O) groups is 4. The van der Waals surface area contributed by atoms with Crippen LogP contribution in [0.25, 0.3) is 0 Å². The highest BCUT2D eigenvalue weighted by Crippen LogP contribution is 2.35. The van der Waals surface area contributed by atoms with E-state index in [4.69, 9.17) is 18.9 Å². The van der Waals surface area contributed by atoms with Crippen molar-refractivity contribution in [1.82, 2.24) is 15.5 Å². The molecule has 0 aromatic rings. The zero-order valence-electron chi connectivity index (χ0n) is 26.8. The summed E-state index contributed by atoms with van der Waals surface area (Å²) in [5, 5.41) is 5.39. The molecule has 2 unspecified atom stereocenters. The summed E-state index contributed by atoms with van der Waals surface area (Å²) < 4.78 is 21.6. The van der Waals surface area contributed by atoms with Crippen LogP contribution in [-0.2, 0) is 28.5 Å². The number of esters is 1. The normalized spacial score (nSPS) is 20.5. The van der Waals surface area contributed by atoms with Crippen LogP contribution in [0.5, 0.6) is 0 Å². The lowest BCUT2D eigenvalue weighted by molar-refractivity contribution is -0.160. The molecule has 0 bridgehead atoms. The maximum absolute atomic E-state index is 13.6. The first-order valence-corrected chi connectivity index (χ1v) is 14.3. The number of nitrogens with one attached hydrogen (secondary N) is 2. The minimum atomic E-state index is -0.955. The van der Waals surface area contributed by atoms with Crippen LogP contribution in [0.15, 0.2) is 4.99 Å². The predicted octanol–water partition coefficient (Wildman–Crippen LogP) is 4.20. The summed E-state index contributed by atoms with van der Waals surface area (Å²) in [5.74, 6) is -0.844. The molecule has 0 saturated carbocycles. The second kappa shape index (κ2) is 15.4. The number of carbonyl (C=O) groups excluding carboxylic acids is 4. The predicted molar refractivity (Wildman–Crippen MR) is 156 cm³/mol. The van der Waals surface area contributed by atoms with Gasteiger partial charge >= 0.3 is 18.2 Å². The Hall–Kier alpha value is -2.89. The van der Waals surface area contributed by atoms with E-state index < -0.39 is 53.1 Å². The Morgan fingerprint density at radius 2 is 1.54 bits per heavy atom. The summed E-state index contributed by atoms with van der Waals surface area (Å²) in [6, 6.07) is -2.10. The van der Waals surface area contributed by atoms with E-state index in [1.165, 1.54) is 18.3 Å². The molecule has 1 rings (SSSR count). The molecule has 0 spiro atoms. The quantitative estimate of drug-likeness (QED) is 0.159. The molecular weight excluding hydrogens is 532 g/mol. The maximum Gasteiger partial charge on any atom is 0.412 e. The van der Waals surface area contributed by atoms with Gasteiger partial charge in [-0.1, -0.05) is 13.3 Å². The molecule has 236 valence electrons. The van der Waals surface area contributed by atoms with Crippen molar-refractivity contribution in [2.24, 2.45) is 10.9 Å². The van der Waals surface area contributed by atoms with Gasteiger partial charge in [0.2, 0.25) is 5.91 Å². The molecular formula is C29H52N4O8. The van der Waals surface area contributed by atoms with E-state index in [1.807, 2.05) is 6.92 Å². The Morgan fingerprint density at radius 1 is 0.951 bits per heavy atom. The fourth-order valence-electron chi connectivity index (χ4n) is 4.49. The van der Waals surface area contributed by atoms with Crippen molar-refractivity contribution in [2.75, 3.05) is 20.3 Å².